The summed E-state index contributed by atoms with van der Waals surface area (Å²) in [5, 5.41) is 15.2. The minimum Gasteiger partial charge on any atom is -0.507 e. The number of hydrogen-bond acceptors (Lipinski definition) is 4. The standard InChI is InChI=1S/C17H20N4O3/c1-24-13-8-6-12(7-9-13)21-17(18)20-11-10-19-16(23)14-4-2-3-5-15(14)22/h2-9,22H,10-11H2,1H3,(H,19,23)(H3,18,20,21). The van der Waals surface area contributed by atoms with Gasteiger partial charge in [0.2, 0.25) is 0 Å². The van der Waals surface area contributed by atoms with Crippen molar-refractivity contribution in [3.05, 3.63) is 54.1 Å². The highest BCUT2D eigenvalue weighted by atomic mass is 16.5. The van der Waals surface area contributed by atoms with E-state index >= 15 is 0 Å². The summed E-state index contributed by atoms with van der Waals surface area (Å²) in [5.74, 6) is 0.587. The van der Waals surface area contributed by atoms with Crippen LogP contribution in [0.5, 0.6) is 11.5 Å². The maximum atomic E-state index is 11.9. The number of benzene rings is 2. The number of anilines is 1. The van der Waals surface area contributed by atoms with E-state index in [2.05, 4.69) is 15.6 Å². The molecule has 7 nitrogen and oxygen atoms in total. The maximum Gasteiger partial charge on any atom is 0.255 e. The van der Waals surface area contributed by atoms with E-state index in [-0.39, 0.29) is 23.2 Å². The fraction of sp³-hybridized carbons (Fsp3) is 0.176. The minimum absolute atomic E-state index is 0.0563. The van der Waals surface area contributed by atoms with Crippen LogP contribution in [0.15, 0.2) is 53.5 Å². The molecule has 0 bridgehead atoms. The summed E-state index contributed by atoms with van der Waals surface area (Å²) in [4.78, 5) is 16.0. The first-order chi connectivity index (χ1) is 11.6. The number of nitrogens with zero attached hydrogens (tertiary/aromatic N) is 1. The number of methoxy groups -OCH3 is 1. The van der Waals surface area contributed by atoms with Gasteiger partial charge in [-0.2, -0.15) is 0 Å². The summed E-state index contributed by atoms with van der Waals surface area (Å²) in [5.41, 5.74) is 6.80. The quantitative estimate of drug-likeness (QED) is 0.365. The lowest BCUT2D eigenvalue weighted by molar-refractivity contribution is 0.0952. The highest BCUT2D eigenvalue weighted by molar-refractivity contribution is 5.96. The molecule has 2 aromatic rings. The number of guanidine groups is 1. The molecule has 5 N–H and O–H groups in total. The number of carbonyl (C=O) groups is 1. The van der Waals surface area contributed by atoms with Gasteiger partial charge in [0.25, 0.3) is 5.91 Å². The van der Waals surface area contributed by atoms with E-state index in [0.717, 1.165) is 11.4 Å². The first-order valence-electron chi connectivity index (χ1n) is 7.37. The normalized spacial score (nSPS) is 11.0. The van der Waals surface area contributed by atoms with Gasteiger partial charge in [-0.1, -0.05) is 12.1 Å². The van der Waals surface area contributed by atoms with Gasteiger partial charge in [-0.3, -0.25) is 9.79 Å². The zero-order valence-electron chi connectivity index (χ0n) is 13.3. The van der Waals surface area contributed by atoms with Crippen molar-refractivity contribution in [1.29, 1.82) is 0 Å². The molecule has 126 valence electrons. The van der Waals surface area contributed by atoms with Gasteiger partial charge in [0.05, 0.1) is 19.2 Å². The number of hydrogen-bond donors (Lipinski definition) is 4. The summed E-state index contributed by atoms with van der Waals surface area (Å²) in [7, 11) is 1.60. The summed E-state index contributed by atoms with van der Waals surface area (Å²) in [6, 6.07) is 13.6. The fourth-order valence-corrected chi connectivity index (χ4v) is 1.97. The molecule has 0 unspecified atom stereocenters. The Kier molecular flexibility index (Phi) is 6.01. The molecule has 2 rings (SSSR count). The van der Waals surface area contributed by atoms with Crippen LogP contribution >= 0.6 is 0 Å². The monoisotopic (exact) mass is 328 g/mol. The summed E-state index contributed by atoms with van der Waals surface area (Å²) in [6.07, 6.45) is 0. The van der Waals surface area contributed by atoms with E-state index in [1.54, 1.807) is 25.3 Å². The maximum absolute atomic E-state index is 11.9. The molecule has 0 aliphatic rings. The number of phenolic OH excluding ortho intramolecular Hbond substituents is 1. The van der Waals surface area contributed by atoms with E-state index < -0.39 is 0 Å². The summed E-state index contributed by atoms with van der Waals surface area (Å²) in [6.45, 7) is 0.618. The van der Waals surface area contributed by atoms with E-state index in [1.165, 1.54) is 6.07 Å². The molecule has 0 fully saturated rings. The van der Waals surface area contributed by atoms with E-state index in [9.17, 15) is 9.90 Å². The van der Waals surface area contributed by atoms with Gasteiger partial charge in [-0.15, -0.1) is 0 Å². The van der Waals surface area contributed by atoms with Crippen molar-refractivity contribution in [3.63, 3.8) is 0 Å². The van der Waals surface area contributed by atoms with Crippen LogP contribution in [0.4, 0.5) is 5.69 Å². The van der Waals surface area contributed by atoms with Gasteiger partial charge in [0, 0.05) is 12.2 Å². The largest absolute Gasteiger partial charge is 0.507 e. The van der Waals surface area contributed by atoms with Gasteiger partial charge in [0.1, 0.15) is 11.5 Å². The van der Waals surface area contributed by atoms with Crippen LogP contribution in [0.3, 0.4) is 0 Å². The third-order valence-electron chi connectivity index (χ3n) is 3.19. The Morgan fingerprint density at radius 3 is 2.58 bits per heavy atom. The molecule has 0 aliphatic heterocycles. The fourth-order valence-electron chi connectivity index (χ4n) is 1.97. The van der Waals surface area contributed by atoms with Crippen LogP contribution in [0.2, 0.25) is 0 Å². The second-order valence-corrected chi connectivity index (χ2v) is 4.89. The van der Waals surface area contributed by atoms with Crippen LogP contribution in [0.1, 0.15) is 10.4 Å². The molecule has 0 aromatic heterocycles. The Bertz CT molecular complexity index is 714. The number of phenols is 1. The number of carbonyl (C=O) groups excluding carboxylic acids is 1. The molecule has 0 heterocycles. The average Bonchev–Trinajstić information content (AvgIpc) is 2.59. The molecule has 0 saturated carbocycles. The molecule has 0 radical (unpaired) electrons. The number of rotatable bonds is 6. The Labute approximate surface area is 140 Å². The number of amides is 1. The molecular formula is C17H20N4O3. The zero-order chi connectivity index (χ0) is 17.4. The minimum atomic E-state index is -0.356. The van der Waals surface area contributed by atoms with Gasteiger partial charge in [-0.25, -0.2) is 0 Å². The molecule has 2 aromatic carbocycles. The number of nitrogens with two attached hydrogens (primary N) is 1. The third-order valence-corrected chi connectivity index (χ3v) is 3.19. The van der Waals surface area contributed by atoms with E-state index in [4.69, 9.17) is 10.5 Å². The van der Waals surface area contributed by atoms with Crippen molar-refractivity contribution in [2.75, 3.05) is 25.5 Å². The lowest BCUT2D eigenvalue weighted by atomic mass is 10.2. The summed E-state index contributed by atoms with van der Waals surface area (Å²) < 4.78 is 5.07. The van der Waals surface area contributed by atoms with Crippen molar-refractivity contribution < 1.29 is 14.6 Å². The molecular weight excluding hydrogens is 308 g/mol. The number of ether oxygens (including phenoxy) is 1. The van der Waals surface area contributed by atoms with Gasteiger partial charge in [0.15, 0.2) is 5.96 Å². The molecule has 0 spiro atoms. The lowest BCUT2D eigenvalue weighted by Gasteiger charge is -2.07. The second-order valence-electron chi connectivity index (χ2n) is 4.89. The second kappa shape index (κ2) is 8.42. The van der Waals surface area contributed by atoms with Crippen LogP contribution in [-0.2, 0) is 0 Å². The zero-order valence-corrected chi connectivity index (χ0v) is 13.3. The van der Waals surface area contributed by atoms with Crippen molar-refractivity contribution in [1.82, 2.24) is 5.32 Å². The van der Waals surface area contributed by atoms with Crippen LogP contribution in [0, 0.1) is 0 Å². The predicted molar refractivity (Wildman–Crippen MR) is 93.5 cm³/mol. The first kappa shape index (κ1) is 17.1. The van der Waals surface area contributed by atoms with Crippen LogP contribution < -0.4 is 21.1 Å². The Morgan fingerprint density at radius 1 is 1.21 bits per heavy atom. The topological polar surface area (TPSA) is 109 Å². The van der Waals surface area contributed by atoms with Crippen molar-refractivity contribution in [3.8, 4) is 11.5 Å². The predicted octanol–water partition coefficient (Wildman–Crippen LogP) is 1.56. The van der Waals surface area contributed by atoms with E-state index in [1.807, 2.05) is 24.3 Å². The Hall–Kier alpha value is -3.22. The number of aromatic hydroxyl groups is 1. The molecule has 1 amide bonds. The average molecular weight is 328 g/mol. The first-order valence-corrected chi connectivity index (χ1v) is 7.37. The van der Waals surface area contributed by atoms with Crippen molar-refractivity contribution >= 4 is 17.6 Å². The molecule has 24 heavy (non-hydrogen) atoms. The lowest BCUT2D eigenvalue weighted by Crippen LogP contribution is -2.28. The number of aliphatic imine (C=N–C) groups is 1. The third kappa shape index (κ3) is 4.91. The SMILES string of the molecule is COc1ccc(NC(N)=NCCNC(=O)c2ccccc2O)cc1. The van der Waals surface area contributed by atoms with Gasteiger partial charge < -0.3 is 26.2 Å². The van der Waals surface area contributed by atoms with E-state index in [0.29, 0.717) is 13.1 Å². The van der Waals surface area contributed by atoms with Gasteiger partial charge in [-0.05, 0) is 36.4 Å². The highest BCUT2D eigenvalue weighted by Crippen LogP contribution is 2.15. The van der Waals surface area contributed by atoms with Crippen LogP contribution in [-0.4, -0.2) is 37.2 Å². The number of nitrogens with one attached hydrogen (secondary N) is 2. The van der Waals surface area contributed by atoms with Crippen molar-refractivity contribution in [2.45, 2.75) is 0 Å². The molecule has 0 saturated heterocycles. The summed E-state index contributed by atoms with van der Waals surface area (Å²) >= 11 is 0. The van der Waals surface area contributed by atoms with Crippen LogP contribution in [0.25, 0.3) is 0 Å². The van der Waals surface area contributed by atoms with Crippen molar-refractivity contribution in [2.24, 2.45) is 10.7 Å². The Morgan fingerprint density at radius 2 is 1.92 bits per heavy atom. The molecule has 0 atom stereocenters. The highest BCUT2D eigenvalue weighted by Gasteiger charge is 2.08. The number of para-hydroxylation sites is 1. The Balaban J connectivity index is 1.78. The molecule has 7 heteroatoms. The van der Waals surface area contributed by atoms with Gasteiger partial charge >= 0.3 is 0 Å². The molecule has 0 aliphatic carbocycles. The smallest absolute Gasteiger partial charge is 0.255 e.